The molecule has 1 fully saturated rings. The predicted octanol–water partition coefficient (Wildman–Crippen LogP) is 5.24. The van der Waals surface area contributed by atoms with E-state index in [0.717, 1.165) is 35.1 Å². The zero-order valence-electron chi connectivity index (χ0n) is 25.6. The van der Waals surface area contributed by atoms with Gasteiger partial charge in [-0.15, -0.1) is 0 Å². The summed E-state index contributed by atoms with van der Waals surface area (Å²) in [6, 6.07) is 12.1. The molecule has 3 amide bonds. The van der Waals surface area contributed by atoms with Crippen LogP contribution in [0, 0.1) is 18.8 Å². The molecule has 1 aliphatic rings. The number of hydrogen-bond donors (Lipinski definition) is 4. The number of alkyl carbamates (subject to hydrolysis) is 1. The summed E-state index contributed by atoms with van der Waals surface area (Å²) in [5.41, 5.74) is 3.68. The van der Waals surface area contributed by atoms with Crippen LogP contribution in [0.15, 0.2) is 42.5 Å². The maximum absolute atomic E-state index is 13.0. The molecular weight excluding hydrogens is 534 g/mol. The number of hydrogen-bond acceptors (Lipinski definition) is 5. The fourth-order valence-corrected chi connectivity index (χ4v) is 5.14. The zero-order chi connectivity index (χ0) is 31.0. The van der Waals surface area contributed by atoms with Crippen molar-refractivity contribution in [1.82, 2.24) is 16.0 Å². The Hall–Kier alpha value is -3.88. The fourth-order valence-electron chi connectivity index (χ4n) is 5.14. The van der Waals surface area contributed by atoms with Gasteiger partial charge in [0.15, 0.2) is 0 Å². The minimum Gasteiger partial charge on any atom is -0.480 e. The van der Waals surface area contributed by atoms with E-state index in [1.807, 2.05) is 77.9 Å². The van der Waals surface area contributed by atoms with Crippen molar-refractivity contribution in [2.45, 2.75) is 91.3 Å². The van der Waals surface area contributed by atoms with Crippen LogP contribution in [0.3, 0.4) is 0 Å². The molecule has 0 spiro atoms. The molecule has 4 N–H and O–H groups in total. The molecule has 42 heavy (non-hydrogen) atoms. The van der Waals surface area contributed by atoms with Crippen molar-refractivity contribution in [1.29, 1.82) is 0 Å². The first-order chi connectivity index (χ1) is 19.7. The van der Waals surface area contributed by atoms with Crippen molar-refractivity contribution in [3.05, 3.63) is 59.2 Å². The van der Waals surface area contributed by atoms with Crippen LogP contribution in [-0.2, 0) is 20.7 Å². The SMILES string of the molecule is Cc1ccc(C(=O)NC(C)C)cc1-c1ccc(CC(NC(=O)C2CCC(CNC(=O)OC(C)(C)C)CC2)C(=O)O)cc1. The Kier molecular flexibility index (Phi) is 11.1. The number of carboxylic acids is 1. The zero-order valence-corrected chi connectivity index (χ0v) is 25.6. The molecule has 0 saturated heterocycles. The van der Waals surface area contributed by atoms with Crippen LogP contribution in [0.4, 0.5) is 4.79 Å². The molecule has 0 heterocycles. The summed E-state index contributed by atoms with van der Waals surface area (Å²) in [5, 5.41) is 18.3. The maximum Gasteiger partial charge on any atom is 0.407 e. The minimum absolute atomic E-state index is 0.0346. The first-order valence-corrected chi connectivity index (χ1v) is 14.7. The topological polar surface area (TPSA) is 134 Å². The van der Waals surface area contributed by atoms with E-state index in [1.165, 1.54) is 0 Å². The maximum atomic E-state index is 13.0. The van der Waals surface area contributed by atoms with Crippen molar-refractivity contribution >= 4 is 23.9 Å². The first-order valence-electron chi connectivity index (χ1n) is 14.7. The molecular formula is C33H45N3O6. The number of ether oxygens (including phenoxy) is 1. The molecule has 1 atom stereocenters. The predicted molar refractivity (Wildman–Crippen MR) is 162 cm³/mol. The average Bonchev–Trinajstić information content (AvgIpc) is 2.91. The smallest absolute Gasteiger partial charge is 0.407 e. The summed E-state index contributed by atoms with van der Waals surface area (Å²) >= 11 is 0. The Balaban J connectivity index is 1.55. The van der Waals surface area contributed by atoms with Gasteiger partial charge in [-0.05, 0) is 108 Å². The molecule has 0 radical (unpaired) electrons. The largest absolute Gasteiger partial charge is 0.480 e. The number of nitrogens with one attached hydrogen (secondary N) is 3. The third-order valence-corrected chi connectivity index (χ3v) is 7.39. The van der Waals surface area contributed by atoms with Crippen molar-refractivity contribution in [3.63, 3.8) is 0 Å². The Morgan fingerprint density at radius 3 is 2.17 bits per heavy atom. The number of rotatable bonds is 10. The Labute approximate surface area is 248 Å². The highest BCUT2D eigenvalue weighted by atomic mass is 16.6. The second kappa shape index (κ2) is 14.3. The summed E-state index contributed by atoms with van der Waals surface area (Å²) in [6.45, 7) is 11.7. The molecule has 9 heteroatoms. The summed E-state index contributed by atoms with van der Waals surface area (Å²) in [5.74, 6) is -1.46. The third-order valence-electron chi connectivity index (χ3n) is 7.39. The third kappa shape index (κ3) is 9.89. The fraction of sp³-hybridized carbons (Fsp3) is 0.515. The van der Waals surface area contributed by atoms with E-state index in [-0.39, 0.29) is 36.1 Å². The molecule has 228 valence electrons. The summed E-state index contributed by atoms with van der Waals surface area (Å²) in [7, 11) is 0. The highest BCUT2D eigenvalue weighted by Crippen LogP contribution is 2.29. The molecule has 1 aliphatic carbocycles. The second-order valence-corrected chi connectivity index (χ2v) is 12.6. The normalized spacial score (nSPS) is 17.7. The highest BCUT2D eigenvalue weighted by Gasteiger charge is 2.30. The van der Waals surface area contributed by atoms with Gasteiger partial charge in [-0.2, -0.15) is 0 Å². The molecule has 1 saturated carbocycles. The van der Waals surface area contributed by atoms with E-state index in [4.69, 9.17) is 4.74 Å². The molecule has 3 rings (SSSR count). The first kappa shape index (κ1) is 32.6. The highest BCUT2D eigenvalue weighted by molar-refractivity contribution is 5.96. The van der Waals surface area contributed by atoms with Crippen LogP contribution in [0.25, 0.3) is 11.1 Å². The van der Waals surface area contributed by atoms with Gasteiger partial charge < -0.3 is 25.8 Å². The number of carboxylic acid groups (broad SMARTS) is 1. The van der Waals surface area contributed by atoms with Crippen LogP contribution in [0.2, 0.25) is 0 Å². The van der Waals surface area contributed by atoms with E-state index >= 15 is 0 Å². The molecule has 0 aliphatic heterocycles. The number of carbonyl (C=O) groups excluding carboxylic acids is 3. The van der Waals surface area contributed by atoms with Gasteiger partial charge in [-0.25, -0.2) is 9.59 Å². The van der Waals surface area contributed by atoms with Gasteiger partial charge in [0.2, 0.25) is 5.91 Å². The summed E-state index contributed by atoms with van der Waals surface area (Å²) in [4.78, 5) is 49.4. The van der Waals surface area contributed by atoms with Gasteiger partial charge in [0.05, 0.1) is 0 Å². The lowest BCUT2D eigenvalue weighted by Crippen LogP contribution is -2.46. The van der Waals surface area contributed by atoms with Crippen LogP contribution in [0.1, 0.15) is 81.8 Å². The van der Waals surface area contributed by atoms with Gasteiger partial charge in [0, 0.05) is 30.5 Å². The summed E-state index contributed by atoms with van der Waals surface area (Å²) < 4.78 is 5.28. The van der Waals surface area contributed by atoms with Gasteiger partial charge in [0.1, 0.15) is 11.6 Å². The van der Waals surface area contributed by atoms with Gasteiger partial charge in [-0.1, -0.05) is 30.3 Å². The number of aliphatic carboxylic acids is 1. The summed E-state index contributed by atoms with van der Waals surface area (Å²) in [6.07, 6.45) is 2.53. The van der Waals surface area contributed by atoms with Gasteiger partial charge in [-0.3, -0.25) is 9.59 Å². The number of aryl methyl sites for hydroxylation is 1. The lowest BCUT2D eigenvalue weighted by Gasteiger charge is -2.29. The number of carbonyl (C=O) groups is 4. The molecule has 9 nitrogen and oxygen atoms in total. The van der Waals surface area contributed by atoms with E-state index in [1.54, 1.807) is 6.07 Å². The Morgan fingerprint density at radius 1 is 0.952 bits per heavy atom. The Morgan fingerprint density at radius 2 is 1.60 bits per heavy atom. The van der Waals surface area contributed by atoms with Crippen LogP contribution >= 0.6 is 0 Å². The van der Waals surface area contributed by atoms with Crippen LogP contribution in [0.5, 0.6) is 0 Å². The van der Waals surface area contributed by atoms with Gasteiger partial charge >= 0.3 is 12.1 Å². The van der Waals surface area contributed by atoms with Crippen LogP contribution < -0.4 is 16.0 Å². The van der Waals surface area contributed by atoms with Crippen molar-refractivity contribution < 1.29 is 29.0 Å². The van der Waals surface area contributed by atoms with Crippen molar-refractivity contribution in [2.75, 3.05) is 6.54 Å². The second-order valence-electron chi connectivity index (χ2n) is 12.6. The van der Waals surface area contributed by atoms with Crippen molar-refractivity contribution in [3.8, 4) is 11.1 Å². The molecule has 1 unspecified atom stereocenters. The Bertz CT molecular complexity index is 1260. The van der Waals surface area contributed by atoms with E-state index in [9.17, 15) is 24.3 Å². The minimum atomic E-state index is -1.08. The van der Waals surface area contributed by atoms with E-state index in [2.05, 4.69) is 16.0 Å². The number of amides is 3. The van der Waals surface area contributed by atoms with Gasteiger partial charge in [0.25, 0.3) is 5.91 Å². The number of benzene rings is 2. The lowest BCUT2D eigenvalue weighted by molar-refractivity contribution is -0.142. The molecule has 2 aromatic rings. The average molecular weight is 580 g/mol. The lowest BCUT2D eigenvalue weighted by atomic mass is 9.81. The molecule has 0 aromatic heterocycles. The van der Waals surface area contributed by atoms with E-state index < -0.39 is 23.7 Å². The quantitative estimate of drug-likeness (QED) is 0.304. The molecule has 2 aromatic carbocycles. The molecule has 0 bridgehead atoms. The van der Waals surface area contributed by atoms with E-state index in [0.29, 0.717) is 24.9 Å². The monoisotopic (exact) mass is 579 g/mol. The standard InChI is InChI=1S/C33H45N3O6/c1-20(2)35-30(38)26-12-7-21(3)27(18-26)24-13-8-22(9-14-24)17-28(31(39)40)36-29(37)25-15-10-23(11-16-25)19-34-32(41)42-33(4,5)6/h7-9,12-14,18,20,23,25,28H,10-11,15-17,19H2,1-6H3,(H,34,41)(H,35,38)(H,36,37)(H,39,40). The van der Waals surface area contributed by atoms with Crippen LogP contribution in [-0.4, -0.2) is 53.2 Å². The van der Waals surface area contributed by atoms with Crippen molar-refractivity contribution in [2.24, 2.45) is 11.8 Å².